The highest BCUT2D eigenvalue weighted by molar-refractivity contribution is 5.82. The summed E-state index contributed by atoms with van der Waals surface area (Å²) in [6.45, 7) is 2.98. The van der Waals surface area contributed by atoms with Crippen LogP contribution in [-0.2, 0) is 6.54 Å². The second-order valence-corrected chi connectivity index (χ2v) is 5.43. The van der Waals surface area contributed by atoms with E-state index in [0.29, 0.717) is 18.5 Å². The zero-order valence-corrected chi connectivity index (χ0v) is 13.3. The first-order chi connectivity index (χ1) is 11.2. The molecular weight excluding hydrogens is 290 g/mol. The first kappa shape index (κ1) is 15.2. The molecule has 0 aliphatic carbocycles. The van der Waals surface area contributed by atoms with Gasteiger partial charge in [-0.25, -0.2) is 0 Å². The van der Waals surface area contributed by atoms with Crippen molar-refractivity contribution in [3.05, 3.63) is 70.6 Å². The highest BCUT2D eigenvalue weighted by Gasteiger charge is 2.04. The Morgan fingerprint density at radius 3 is 2.70 bits per heavy atom. The van der Waals surface area contributed by atoms with Crippen LogP contribution in [0.5, 0.6) is 11.5 Å². The molecule has 0 spiro atoms. The molecule has 0 N–H and O–H groups in total. The summed E-state index contributed by atoms with van der Waals surface area (Å²) in [4.78, 5) is 12.5. The van der Waals surface area contributed by atoms with Gasteiger partial charge in [-0.15, -0.1) is 0 Å². The monoisotopic (exact) mass is 309 g/mol. The minimum absolute atomic E-state index is 0.0157. The van der Waals surface area contributed by atoms with Crippen molar-refractivity contribution < 1.29 is 9.47 Å². The Labute approximate surface area is 134 Å². The Morgan fingerprint density at radius 2 is 1.91 bits per heavy atom. The molecule has 0 fully saturated rings. The average Bonchev–Trinajstić information content (AvgIpc) is 2.56. The largest absolute Gasteiger partial charge is 0.497 e. The van der Waals surface area contributed by atoms with Crippen molar-refractivity contribution in [1.82, 2.24) is 4.57 Å². The number of benzene rings is 2. The predicted octanol–water partition coefficient (Wildman–Crippen LogP) is 3.40. The molecule has 23 heavy (non-hydrogen) atoms. The van der Waals surface area contributed by atoms with E-state index in [1.54, 1.807) is 30.0 Å². The summed E-state index contributed by atoms with van der Waals surface area (Å²) in [5.41, 5.74) is 1.14. The fraction of sp³-hybridized carbons (Fsp3) is 0.211. The number of methoxy groups -OCH3 is 1. The lowest BCUT2D eigenvalue weighted by molar-refractivity contribution is 0.296. The highest BCUT2D eigenvalue weighted by atomic mass is 16.5. The van der Waals surface area contributed by atoms with Gasteiger partial charge in [0.25, 0.3) is 5.56 Å². The molecule has 4 heteroatoms. The number of hydrogen-bond donors (Lipinski definition) is 0. The standard InChI is InChI=1S/C19H19NO3/c1-14-4-3-5-17(12-14)23-11-10-20-9-8-15-13-16(22-2)6-7-18(15)19(20)21/h3-9,12-13H,10-11H2,1-2H3. The van der Waals surface area contributed by atoms with Gasteiger partial charge in [0.2, 0.25) is 0 Å². The van der Waals surface area contributed by atoms with Crippen molar-refractivity contribution in [3.8, 4) is 11.5 Å². The van der Waals surface area contributed by atoms with Gasteiger partial charge < -0.3 is 14.0 Å². The molecule has 0 saturated carbocycles. The quantitative estimate of drug-likeness (QED) is 0.725. The molecule has 3 rings (SSSR count). The number of aryl methyl sites for hydroxylation is 1. The van der Waals surface area contributed by atoms with Gasteiger partial charge in [-0.3, -0.25) is 4.79 Å². The lowest BCUT2D eigenvalue weighted by atomic mass is 10.1. The van der Waals surface area contributed by atoms with Crippen molar-refractivity contribution in [2.45, 2.75) is 13.5 Å². The van der Waals surface area contributed by atoms with E-state index < -0.39 is 0 Å². The number of hydrogen-bond acceptors (Lipinski definition) is 3. The Balaban J connectivity index is 1.75. The lowest BCUT2D eigenvalue weighted by Crippen LogP contribution is -2.22. The summed E-state index contributed by atoms with van der Waals surface area (Å²) in [6.07, 6.45) is 1.80. The average molecular weight is 309 g/mol. The van der Waals surface area contributed by atoms with E-state index in [1.807, 2.05) is 43.3 Å². The van der Waals surface area contributed by atoms with Crippen LogP contribution >= 0.6 is 0 Å². The second kappa shape index (κ2) is 6.57. The van der Waals surface area contributed by atoms with E-state index >= 15 is 0 Å². The summed E-state index contributed by atoms with van der Waals surface area (Å²) in [5.74, 6) is 1.57. The SMILES string of the molecule is COc1ccc2c(=O)n(CCOc3cccc(C)c3)ccc2c1. The molecular formula is C19H19NO3. The van der Waals surface area contributed by atoms with Crippen LogP contribution in [0.1, 0.15) is 5.56 Å². The summed E-state index contributed by atoms with van der Waals surface area (Å²) in [5, 5.41) is 1.56. The minimum Gasteiger partial charge on any atom is -0.497 e. The summed E-state index contributed by atoms with van der Waals surface area (Å²) in [7, 11) is 1.62. The molecule has 0 amide bonds. The second-order valence-electron chi connectivity index (χ2n) is 5.43. The Hall–Kier alpha value is -2.75. The van der Waals surface area contributed by atoms with Gasteiger partial charge >= 0.3 is 0 Å². The molecule has 0 atom stereocenters. The van der Waals surface area contributed by atoms with Crippen LogP contribution in [0.4, 0.5) is 0 Å². The van der Waals surface area contributed by atoms with E-state index in [0.717, 1.165) is 22.4 Å². The maximum atomic E-state index is 12.5. The number of fused-ring (bicyclic) bond motifs is 1. The van der Waals surface area contributed by atoms with Crippen molar-refractivity contribution in [2.24, 2.45) is 0 Å². The topological polar surface area (TPSA) is 40.5 Å². The predicted molar refractivity (Wildman–Crippen MR) is 91.4 cm³/mol. The van der Waals surface area contributed by atoms with Crippen molar-refractivity contribution in [3.63, 3.8) is 0 Å². The maximum absolute atomic E-state index is 12.5. The fourth-order valence-electron chi connectivity index (χ4n) is 2.54. The summed E-state index contributed by atoms with van der Waals surface area (Å²) < 4.78 is 12.6. The van der Waals surface area contributed by atoms with Gasteiger partial charge in [-0.2, -0.15) is 0 Å². The van der Waals surface area contributed by atoms with Crippen LogP contribution in [-0.4, -0.2) is 18.3 Å². The van der Waals surface area contributed by atoms with E-state index in [9.17, 15) is 4.79 Å². The van der Waals surface area contributed by atoms with Gasteiger partial charge in [-0.05, 0) is 54.3 Å². The third-order valence-electron chi connectivity index (χ3n) is 3.77. The fourth-order valence-corrected chi connectivity index (χ4v) is 2.54. The number of aromatic nitrogens is 1. The molecule has 1 aromatic heterocycles. The summed E-state index contributed by atoms with van der Waals surface area (Å²) >= 11 is 0. The minimum atomic E-state index is -0.0157. The summed E-state index contributed by atoms with van der Waals surface area (Å²) in [6, 6.07) is 15.3. The molecule has 0 aliphatic heterocycles. The van der Waals surface area contributed by atoms with Crippen LogP contribution in [0.15, 0.2) is 59.5 Å². The first-order valence-electron chi connectivity index (χ1n) is 7.54. The molecule has 0 radical (unpaired) electrons. The third-order valence-corrected chi connectivity index (χ3v) is 3.77. The van der Waals surface area contributed by atoms with Crippen molar-refractivity contribution >= 4 is 10.8 Å². The molecule has 0 aliphatic rings. The van der Waals surface area contributed by atoms with Crippen LogP contribution < -0.4 is 15.0 Å². The van der Waals surface area contributed by atoms with Crippen molar-refractivity contribution in [2.75, 3.05) is 13.7 Å². The zero-order valence-electron chi connectivity index (χ0n) is 13.3. The molecule has 4 nitrogen and oxygen atoms in total. The van der Waals surface area contributed by atoms with Crippen LogP contribution in [0.3, 0.4) is 0 Å². The molecule has 118 valence electrons. The normalized spacial score (nSPS) is 10.7. The van der Waals surface area contributed by atoms with Crippen LogP contribution in [0.2, 0.25) is 0 Å². The number of nitrogens with zero attached hydrogens (tertiary/aromatic N) is 1. The molecule has 0 unspecified atom stereocenters. The molecule has 2 aromatic carbocycles. The van der Waals surface area contributed by atoms with E-state index in [2.05, 4.69) is 0 Å². The van der Waals surface area contributed by atoms with E-state index in [4.69, 9.17) is 9.47 Å². The van der Waals surface area contributed by atoms with Gasteiger partial charge in [0.1, 0.15) is 18.1 Å². The molecule has 0 saturated heterocycles. The smallest absolute Gasteiger partial charge is 0.258 e. The van der Waals surface area contributed by atoms with Gasteiger partial charge in [0.15, 0.2) is 0 Å². The highest BCUT2D eigenvalue weighted by Crippen LogP contribution is 2.18. The molecule has 3 aromatic rings. The zero-order chi connectivity index (χ0) is 16.2. The Bertz CT molecular complexity index is 883. The van der Waals surface area contributed by atoms with E-state index in [1.165, 1.54) is 0 Å². The molecule has 0 bridgehead atoms. The van der Waals surface area contributed by atoms with Gasteiger partial charge in [0.05, 0.1) is 13.7 Å². The van der Waals surface area contributed by atoms with Crippen LogP contribution in [0, 0.1) is 6.92 Å². The van der Waals surface area contributed by atoms with Gasteiger partial charge in [-0.1, -0.05) is 12.1 Å². The Kier molecular flexibility index (Phi) is 4.33. The number of pyridine rings is 1. The molecule has 1 heterocycles. The third kappa shape index (κ3) is 3.37. The lowest BCUT2D eigenvalue weighted by Gasteiger charge is -2.10. The first-order valence-corrected chi connectivity index (χ1v) is 7.54. The Morgan fingerprint density at radius 1 is 1.04 bits per heavy atom. The van der Waals surface area contributed by atoms with E-state index in [-0.39, 0.29) is 5.56 Å². The van der Waals surface area contributed by atoms with Crippen LogP contribution in [0.25, 0.3) is 10.8 Å². The maximum Gasteiger partial charge on any atom is 0.258 e. The van der Waals surface area contributed by atoms with Gasteiger partial charge in [0, 0.05) is 11.6 Å². The number of rotatable bonds is 5. The number of ether oxygens (including phenoxy) is 2. The van der Waals surface area contributed by atoms with Crippen molar-refractivity contribution in [1.29, 1.82) is 0 Å².